The van der Waals surface area contributed by atoms with Crippen LogP contribution >= 0.6 is 0 Å². The summed E-state index contributed by atoms with van der Waals surface area (Å²) in [5.74, 6) is -1.23. The summed E-state index contributed by atoms with van der Waals surface area (Å²) in [4.78, 5) is 13.9. The van der Waals surface area contributed by atoms with Crippen molar-refractivity contribution in [2.24, 2.45) is 0 Å². The lowest BCUT2D eigenvalue weighted by Crippen LogP contribution is -2.22. The van der Waals surface area contributed by atoms with Crippen molar-refractivity contribution in [3.8, 4) is 0 Å². The topological polar surface area (TPSA) is 44.4 Å². The standard InChI is InChI=1S/C19H19F2N3O/c1-3-24(4-2)17-9-8-12(10-15(17)21)22-11-13-18-14(20)6-5-7-16(18)23-19(13)25/h5-11,22H,3-4H2,1-2H3,(H,23,25)/b13-11+. The lowest BCUT2D eigenvalue weighted by Gasteiger charge is -2.21. The van der Waals surface area contributed by atoms with Crippen LogP contribution in [0.1, 0.15) is 19.4 Å². The summed E-state index contributed by atoms with van der Waals surface area (Å²) in [5, 5.41) is 5.49. The van der Waals surface area contributed by atoms with Gasteiger partial charge in [-0.1, -0.05) is 6.07 Å². The molecule has 0 saturated carbocycles. The number of benzene rings is 2. The van der Waals surface area contributed by atoms with Crippen LogP contribution in [-0.4, -0.2) is 19.0 Å². The molecule has 25 heavy (non-hydrogen) atoms. The molecule has 3 rings (SSSR count). The minimum Gasteiger partial charge on any atom is -0.370 e. The molecule has 0 aliphatic carbocycles. The monoisotopic (exact) mass is 343 g/mol. The average Bonchev–Trinajstić information content (AvgIpc) is 2.92. The molecule has 1 aliphatic heterocycles. The summed E-state index contributed by atoms with van der Waals surface area (Å²) in [7, 11) is 0. The summed E-state index contributed by atoms with van der Waals surface area (Å²) in [6.45, 7) is 5.34. The van der Waals surface area contributed by atoms with Gasteiger partial charge in [-0.05, 0) is 44.2 Å². The second-order valence-electron chi connectivity index (χ2n) is 5.66. The van der Waals surface area contributed by atoms with Crippen molar-refractivity contribution in [1.29, 1.82) is 0 Å². The third-order valence-electron chi connectivity index (χ3n) is 4.21. The molecule has 1 heterocycles. The molecule has 2 N–H and O–H groups in total. The molecule has 0 aromatic heterocycles. The number of hydrogen-bond acceptors (Lipinski definition) is 3. The molecular weight excluding hydrogens is 324 g/mol. The van der Waals surface area contributed by atoms with Gasteiger partial charge in [-0.25, -0.2) is 8.78 Å². The predicted molar refractivity (Wildman–Crippen MR) is 96.6 cm³/mol. The maximum Gasteiger partial charge on any atom is 0.257 e. The molecule has 2 aromatic rings. The van der Waals surface area contributed by atoms with E-state index in [0.717, 1.165) is 0 Å². The zero-order valence-corrected chi connectivity index (χ0v) is 14.1. The number of halogens is 2. The Morgan fingerprint density at radius 3 is 2.56 bits per heavy atom. The Balaban J connectivity index is 1.86. The molecule has 0 unspecified atom stereocenters. The minimum atomic E-state index is -0.480. The normalized spacial score (nSPS) is 14.4. The first-order valence-corrected chi connectivity index (χ1v) is 8.16. The van der Waals surface area contributed by atoms with Crippen LogP contribution in [0.15, 0.2) is 42.6 Å². The average molecular weight is 343 g/mol. The van der Waals surface area contributed by atoms with Crippen LogP contribution in [0.2, 0.25) is 0 Å². The van der Waals surface area contributed by atoms with Crippen LogP contribution in [-0.2, 0) is 4.79 Å². The second kappa shape index (κ2) is 6.93. The van der Waals surface area contributed by atoms with Gasteiger partial charge in [-0.15, -0.1) is 0 Å². The molecule has 130 valence electrons. The second-order valence-corrected chi connectivity index (χ2v) is 5.66. The predicted octanol–water partition coefficient (Wildman–Crippen LogP) is 4.22. The van der Waals surface area contributed by atoms with E-state index in [2.05, 4.69) is 10.6 Å². The maximum atomic E-state index is 14.3. The highest BCUT2D eigenvalue weighted by Gasteiger charge is 2.27. The highest BCUT2D eigenvalue weighted by Crippen LogP contribution is 2.33. The molecule has 2 aromatic carbocycles. The van der Waals surface area contributed by atoms with E-state index in [1.54, 1.807) is 18.2 Å². The van der Waals surface area contributed by atoms with Gasteiger partial charge in [0.25, 0.3) is 5.91 Å². The highest BCUT2D eigenvalue weighted by molar-refractivity contribution is 6.31. The van der Waals surface area contributed by atoms with E-state index in [9.17, 15) is 13.6 Å². The minimum absolute atomic E-state index is 0.182. The largest absolute Gasteiger partial charge is 0.370 e. The maximum absolute atomic E-state index is 14.3. The number of fused-ring (bicyclic) bond motifs is 1. The molecular formula is C19H19F2N3O. The summed E-state index contributed by atoms with van der Waals surface area (Å²) in [5.41, 5.74) is 1.85. The van der Waals surface area contributed by atoms with Crippen LogP contribution in [0.4, 0.5) is 25.8 Å². The van der Waals surface area contributed by atoms with Gasteiger partial charge in [0.05, 0.1) is 16.9 Å². The Hall–Kier alpha value is -2.89. The summed E-state index contributed by atoms with van der Waals surface area (Å²) >= 11 is 0. The van der Waals surface area contributed by atoms with E-state index in [-0.39, 0.29) is 17.0 Å². The van der Waals surface area contributed by atoms with E-state index in [1.807, 2.05) is 18.7 Å². The third kappa shape index (κ3) is 3.20. The van der Waals surface area contributed by atoms with E-state index in [4.69, 9.17) is 0 Å². The number of hydrogen-bond donors (Lipinski definition) is 2. The molecule has 0 saturated heterocycles. The van der Waals surface area contributed by atoms with E-state index in [1.165, 1.54) is 24.4 Å². The van der Waals surface area contributed by atoms with Crippen LogP contribution in [0, 0.1) is 11.6 Å². The molecule has 0 radical (unpaired) electrons. The quantitative estimate of drug-likeness (QED) is 0.799. The van der Waals surface area contributed by atoms with Crippen molar-refractivity contribution in [3.05, 3.63) is 59.8 Å². The van der Waals surface area contributed by atoms with Gasteiger partial charge in [0.15, 0.2) is 0 Å². The van der Waals surface area contributed by atoms with Crippen LogP contribution in [0.5, 0.6) is 0 Å². The van der Waals surface area contributed by atoms with Crippen molar-refractivity contribution in [3.63, 3.8) is 0 Å². The first-order chi connectivity index (χ1) is 12.0. The first kappa shape index (κ1) is 17.0. The number of rotatable bonds is 5. The molecule has 1 amide bonds. The first-order valence-electron chi connectivity index (χ1n) is 8.16. The molecule has 6 heteroatoms. The van der Waals surface area contributed by atoms with Gasteiger partial charge in [-0.2, -0.15) is 0 Å². The number of nitrogens with zero attached hydrogens (tertiary/aromatic N) is 1. The summed E-state index contributed by atoms with van der Waals surface area (Å²) < 4.78 is 28.3. The number of carbonyl (C=O) groups is 1. The number of carbonyl (C=O) groups excluding carboxylic acids is 1. The van der Waals surface area contributed by atoms with Gasteiger partial charge in [0, 0.05) is 30.5 Å². The van der Waals surface area contributed by atoms with Gasteiger partial charge >= 0.3 is 0 Å². The Morgan fingerprint density at radius 1 is 1.12 bits per heavy atom. The van der Waals surface area contributed by atoms with Crippen molar-refractivity contribution in [1.82, 2.24) is 0 Å². The fraction of sp³-hybridized carbons (Fsp3) is 0.211. The molecule has 0 spiro atoms. The summed E-state index contributed by atoms with van der Waals surface area (Å²) in [6.07, 6.45) is 1.40. The van der Waals surface area contributed by atoms with E-state index >= 15 is 0 Å². The SMILES string of the molecule is CCN(CC)c1ccc(N/C=C2/C(=O)Nc3cccc(F)c32)cc1F. The fourth-order valence-corrected chi connectivity index (χ4v) is 2.92. The lowest BCUT2D eigenvalue weighted by molar-refractivity contribution is -0.110. The lowest BCUT2D eigenvalue weighted by atomic mass is 10.1. The molecule has 0 atom stereocenters. The number of nitrogens with one attached hydrogen (secondary N) is 2. The summed E-state index contributed by atoms with van der Waals surface area (Å²) in [6, 6.07) is 9.24. The van der Waals surface area contributed by atoms with E-state index in [0.29, 0.717) is 30.2 Å². The van der Waals surface area contributed by atoms with Crippen LogP contribution in [0.3, 0.4) is 0 Å². The zero-order chi connectivity index (χ0) is 18.0. The van der Waals surface area contributed by atoms with Crippen molar-refractivity contribution >= 4 is 28.5 Å². The Morgan fingerprint density at radius 2 is 1.88 bits per heavy atom. The van der Waals surface area contributed by atoms with Crippen LogP contribution in [0.25, 0.3) is 5.57 Å². The van der Waals surface area contributed by atoms with Gasteiger partial charge < -0.3 is 15.5 Å². The smallest absolute Gasteiger partial charge is 0.257 e. The fourth-order valence-electron chi connectivity index (χ4n) is 2.92. The third-order valence-corrected chi connectivity index (χ3v) is 4.21. The van der Waals surface area contributed by atoms with Gasteiger partial charge in [-0.3, -0.25) is 4.79 Å². The van der Waals surface area contributed by atoms with E-state index < -0.39 is 11.7 Å². The van der Waals surface area contributed by atoms with Crippen molar-refractivity contribution in [2.75, 3.05) is 28.6 Å². The molecule has 0 bridgehead atoms. The van der Waals surface area contributed by atoms with Gasteiger partial charge in [0.2, 0.25) is 0 Å². The molecule has 0 fully saturated rings. The number of amides is 1. The Labute approximate surface area is 145 Å². The van der Waals surface area contributed by atoms with Gasteiger partial charge in [0.1, 0.15) is 11.6 Å². The van der Waals surface area contributed by atoms with Crippen LogP contribution < -0.4 is 15.5 Å². The van der Waals surface area contributed by atoms with Crippen molar-refractivity contribution in [2.45, 2.75) is 13.8 Å². The highest BCUT2D eigenvalue weighted by atomic mass is 19.1. The zero-order valence-electron chi connectivity index (χ0n) is 14.1. The Kier molecular flexibility index (Phi) is 4.70. The Bertz CT molecular complexity index is 845. The number of anilines is 3. The van der Waals surface area contributed by atoms with Crippen molar-refractivity contribution < 1.29 is 13.6 Å². The molecule has 1 aliphatic rings. The molecule has 4 nitrogen and oxygen atoms in total.